The molecule has 1 saturated heterocycles. The van der Waals surface area contributed by atoms with Crippen LogP contribution in [-0.4, -0.2) is 38.7 Å². The molecule has 0 bridgehead atoms. The predicted octanol–water partition coefficient (Wildman–Crippen LogP) is 5.82. The molecule has 182 valence electrons. The smallest absolute Gasteiger partial charge is 0.371 e. The van der Waals surface area contributed by atoms with Crippen LogP contribution in [0.25, 0.3) is 16.8 Å². The van der Waals surface area contributed by atoms with Crippen molar-refractivity contribution in [2.45, 2.75) is 25.1 Å². The van der Waals surface area contributed by atoms with E-state index in [0.29, 0.717) is 48.4 Å². The Morgan fingerprint density at radius 1 is 0.971 bits per heavy atom. The molecule has 0 saturated carbocycles. The van der Waals surface area contributed by atoms with Crippen molar-refractivity contribution in [1.29, 1.82) is 0 Å². The number of rotatable bonds is 4. The van der Waals surface area contributed by atoms with Gasteiger partial charge in [0.05, 0.1) is 11.2 Å². The molecule has 1 aromatic carbocycles. The minimum atomic E-state index is -4.50. The van der Waals surface area contributed by atoms with E-state index >= 15 is 0 Å². The second-order valence-corrected chi connectivity index (χ2v) is 8.61. The SMILES string of the molecule is Fc1ccc(-c2cc(F)cn3nc(NC4CCN(c5ccnc(C(F)(F)F)c5)CC4)nc23)c(Cl)c1. The fourth-order valence-electron chi connectivity index (χ4n) is 4.16. The Morgan fingerprint density at radius 3 is 2.46 bits per heavy atom. The van der Waals surface area contributed by atoms with E-state index in [1.165, 1.54) is 28.9 Å². The van der Waals surface area contributed by atoms with Gasteiger partial charge in [-0.3, -0.25) is 4.98 Å². The summed E-state index contributed by atoms with van der Waals surface area (Å²) in [5.41, 5.74) is 0.668. The maximum Gasteiger partial charge on any atom is 0.433 e. The molecule has 1 aliphatic rings. The molecule has 1 aliphatic heterocycles. The van der Waals surface area contributed by atoms with Crippen LogP contribution in [0.4, 0.5) is 33.6 Å². The van der Waals surface area contributed by atoms with Gasteiger partial charge in [0.1, 0.15) is 17.3 Å². The minimum Gasteiger partial charge on any atom is -0.371 e. The van der Waals surface area contributed by atoms with Gasteiger partial charge in [-0.25, -0.2) is 13.3 Å². The van der Waals surface area contributed by atoms with Gasteiger partial charge in [-0.05, 0) is 49.2 Å². The maximum atomic E-state index is 14.3. The standard InChI is InChI=1S/C23H18ClF5N6/c24-19-10-13(25)1-2-17(19)18-9-14(26)12-35-21(18)32-22(33-35)31-15-4-7-34(8-5-15)16-3-6-30-20(11-16)23(27,28)29/h1-3,6,9-12,15H,4-5,7-8H2,(H,31,33). The Balaban J connectivity index is 1.32. The molecular formula is C23H18ClF5N6. The lowest BCUT2D eigenvalue weighted by Crippen LogP contribution is -2.39. The number of pyridine rings is 2. The Labute approximate surface area is 201 Å². The summed E-state index contributed by atoms with van der Waals surface area (Å²) in [6.07, 6.45) is -0.901. The third-order valence-electron chi connectivity index (χ3n) is 5.85. The molecule has 1 fully saturated rings. The first-order chi connectivity index (χ1) is 16.7. The average Bonchev–Trinajstić information content (AvgIpc) is 3.21. The molecule has 0 amide bonds. The van der Waals surface area contributed by atoms with Gasteiger partial charge in [-0.2, -0.15) is 18.2 Å². The van der Waals surface area contributed by atoms with Crippen LogP contribution in [0.15, 0.2) is 48.8 Å². The molecule has 12 heteroatoms. The van der Waals surface area contributed by atoms with Crippen molar-refractivity contribution < 1.29 is 22.0 Å². The lowest BCUT2D eigenvalue weighted by atomic mass is 10.0. The van der Waals surface area contributed by atoms with Gasteiger partial charge in [0.25, 0.3) is 0 Å². The van der Waals surface area contributed by atoms with Crippen LogP contribution in [0, 0.1) is 11.6 Å². The molecule has 0 aliphatic carbocycles. The quantitative estimate of drug-likeness (QED) is 0.352. The van der Waals surface area contributed by atoms with Crippen molar-refractivity contribution in [2.75, 3.05) is 23.3 Å². The number of hydrogen-bond donors (Lipinski definition) is 1. The summed E-state index contributed by atoms with van der Waals surface area (Å²) in [5.74, 6) is -0.798. The van der Waals surface area contributed by atoms with E-state index in [4.69, 9.17) is 11.6 Å². The highest BCUT2D eigenvalue weighted by molar-refractivity contribution is 6.33. The number of hydrogen-bond acceptors (Lipinski definition) is 5. The summed E-state index contributed by atoms with van der Waals surface area (Å²) >= 11 is 6.17. The van der Waals surface area contributed by atoms with E-state index < -0.39 is 23.5 Å². The van der Waals surface area contributed by atoms with E-state index in [0.717, 1.165) is 18.3 Å². The fraction of sp³-hybridized carbons (Fsp3) is 0.261. The predicted molar refractivity (Wildman–Crippen MR) is 121 cm³/mol. The lowest BCUT2D eigenvalue weighted by Gasteiger charge is -2.33. The van der Waals surface area contributed by atoms with Crippen LogP contribution >= 0.6 is 11.6 Å². The van der Waals surface area contributed by atoms with Gasteiger partial charge in [0.15, 0.2) is 5.65 Å². The molecule has 3 aromatic heterocycles. The van der Waals surface area contributed by atoms with E-state index in [2.05, 4.69) is 20.4 Å². The monoisotopic (exact) mass is 508 g/mol. The number of halogens is 6. The first-order valence-corrected chi connectivity index (χ1v) is 11.1. The lowest BCUT2D eigenvalue weighted by molar-refractivity contribution is -0.141. The molecular weight excluding hydrogens is 491 g/mol. The van der Waals surface area contributed by atoms with Crippen molar-refractivity contribution in [2.24, 2.45) is 0 Å². The number of nitrogens with one attached hydrogen (secondary N) is 1. The third kappa shape index (κ3) is 4.86. The van der Waals surface area contributed by atoms with Crippen LogP contribution in [-0.2, 0) is 6.18 Å². The second kappa shape index (κ2) is 8.95. The molecule has 5 rings (SSSR count). The zero-order valence-corrected chi connectivity index (χ0v) is 18.8. The second-order valence-electron chi connectivity index (χ2n) is 8.20. The normalized spacial score (nSPS) is 15.1. The van der Waals surface area contributed by atoms with Crippen molar-refractivity contribution >= 4 is 28.9 Å². The molecule has 0 atom stereocenters. The summed E-state index contributed by atoms with van der Waals surface area (Å²) in [5, 5.41) is 7.65. The molecule has 0 spiro atoms. The van der Waals surface area contributed by atoms with E-state index in [-0.39, 0.29) is 17.0 Å². The Kier molecular flexibility index (Phi) is 5.96. The first kappa shape index (κ1) is 23.3. The zero-order valence-electron chi connectivity index (χ0n) is 18.0. The van der Waals surface area contributed by atoms with Gasteiger partial charge >= 0.3 is 6.18 Å². The van der Waals surface area contributed by atoms with Crippen LogP contribution in [0.3, 0.4) is 0 Å². The Bertz CT molecular complexity index is 1380. The van der Waals surface area contributed by atoms with E-state index in [1.807, 2.05) is 4.90 Å². The topological polar surface area (TPSA) is 58.4 Å². The first-order valence-electron chi connectivity index (χ1n) is 10.7. The summed E-state index contributed by atoms with van der Waals surface area (Å²) < 4.78 is 67.9. The van der Waals surface area contributed by atoms with Crippen LogP contribution < -0.4 is 10.2 Å². The van der Waals surface area contributed by atoms with Gasteiger partial charge in [-0.1, -0.05) is 11.6 Å². The van der Waals surface area contributed by atoms with Crippen LogP contribution in [0.5, 0.6) is 0 Å². The number of anilines is 2. The molecule has 4 aromatic rings. The highest BCUT2D eigenvalue weighted by atomic mass is 35.5. The Hall–Kier alpha value is -3.47. The van der Waals surface area contributed by atoms with Crippen molar-refractivity contribution in [3.8, 4) is 11.1 Å². The van der Waals surface area contributed by atoms with Gasteiger partial charge in [0, 0.05) is 42.1 Å². The highest BCUT2D eigenvalue weighted by Gasteiger charge is 2.33. The van der Waals surface area contributed by atoms with Crippen LogP contribution in [0.1, 0.15) is 18.5 Å². The molecule has 4 heterocycles. The maximum absolute atomic E-state index is 14.3. The number of aromatic nitrogens is 4. The van der Waals surface area contributed by atoms with Crippen molar-refractivity contribution in [3.63, 3.8) is 0 Å². The van der Waals surface area contributed by atoms with E-state index in [9.17, 15) is 22.0 Å². The summed E-state index contributed by atoms with van der Waals surface area (Å²) in [4.78, 5) is 9.76. The van der Waals surface area contributed by atoms with Crippen molar-refractivity contribution in [3.05, 3.63) is 71.1 Å². The largest absolute Gasteiger partial charge is 0.433 e. The zero-order chi connectivity index (χ0) is 24.7. The van der Waals surface area contributed by atoms with Crippen molar-refractivity contribution in [1.82, 2.24) is 19.6 Å². The molecule has 35 heavy (non-hydrogen) atoms. The minimum absolute atomic E-state index is 0.0321. The molecule has 0 radical (unpaired) electrons. The number of benzene rings is 1. The summed E-state index contributed by atoms with van der Waals surface area (Å²) in [7, 11) is 0. The number of fused-ring (bicyclic) bond motifs is 1. The fourth-order valence-corrected chi connectivity index (χ4v) is 4.43. The number of alkyl halides is 3. The number of piperidine rings is 1. The number of nitrogens with zero attached hydrogens (tertiary/aromatic N) is 5. The summed E-state index contributed by atoms with van der Waals surface area (Å²) in [6.45, 7) is 1.05. The van der Waals surface area contributed by atoms with Gasteiger partial charge < -0.3 is 10.2 Å². The molecule has 6 nitrogen and oxygen atoms in total. The van der Waals surface area contributed by atoms with E-state index in [1.54, 1.807) is 6.07 Å². The van der Waals surface area contributed by atoms with Gasteiger partial charge in [-0.15, -0.1) is 5.10 Å². The molecule has 0 unspecified atom stereocenters. The van der Waals surface area contributed by atoms with Crippen LogP contribution in [0.2, 0.25) is 5.02 Å². The summed E-state index contributed by atoms with van der Waals surface area (Å²) in [6, 6.07) is 7.66. The highest BCUT2D eigenvalue weighted by Crippen LogP contribution is 2.33. The average molecular weight is 509 g/mol. The Morgan fingerprint density at radius 2 is 1.74 bits per heavy atom. The molecule has 1 N–H and O–H groups in total. The van der Waals surface area contributed by atoms with Gasteiger partial charge in [0.2, 0.25) is 5.95 Å². The third-order valence-corrected chi connectivity index (χ3v) is 6.16.